The number of halogens is 1. The van der Waals surface area contributed by atoms with Crippen LogP contribution in [-0.4, -0.2) is 36.1 Å². The minimum atomic E-state index is -0.325. The van der Waals surface area contributed by atoms with E-state index in [1.54, 1.807) is 14.0 Å². The highest BCUT2D eigenvalue weighted by Crippen LogP contribution is 2.41. The van der Waals surface area contributed by atoms with Gasteiger partial charge in [-0.05, 0) is 73.0 Å². The van der Waals surface area contributed by atoms with Gasteiger partial charge in [0.1, 0.15) is 0 Å². The first-order valence-electron chi connectivity index (χ1n) is 8.65. The summed E-state index contributed by atoms with van der Waals surface area (Å²) in [5, 5.41) is 3.95. The topological polar surface area (TPSA) is 50.8 Å². The van der Waals surface area contributed by atoms with Crippen molar-refractivity contribution in [2.75, 3.05) is 20.3 Å². The van der Waals surface area contributed by atoms with Gasteiger partial charge in [0, 0.05) is 17.8 Å². The van der Waals surface area contributed by atoms with Crippen LogP contribution in [0.1, 0.15) is 45.7 Å². The summed E-state index contributed by atoms with van der Waals surface area (Å²) >= 11 is 9.10. The predicted octanol–water partition coefficient (Wildman–Crippen LogP) is 4.36. The molecule has 1 aliphatic rings. The van der Waals surface area contributed by atoms with Crippen LogP contribution < -0.4 is 14.8 Å². The number of nitrogens with one attached hydrogen (secondary N) is 1. The van der Waals surface area contributed by atoms with E-state index in [0.29, 0.717) is 28.8 Å². The van der Waals surface area contributed by atoms with Gasteiger partial charge >= 0.3 is 0 Å². The van der Waals surface area contributed by atoms with Crippen LogP contribution in [0.15, 0.2) is 27.9 Å². The summed E-state index contributed by atoms with van der Waals surface area (Å²) in [6.45, 7) is 8.84. The van der Waals surface area contributed by atoms with E-state index in [2.05, 4.69) is 28.2 Å². The van der Waals surface area contributed by atoms with Gasteiger partial charge in [0.2, 0.25) is 0 Å². The zero-order valence-corrected chi connectivity index (χ0v) is 18.2. The molecule has 1 unspecified atom stereocenters. The maximum Gasteiger partial charge on any atom is 0.174 e. The summed E-state index contributed by atoms with van der Waals surface area (Å²) in [6.07, 6.45) is 0.942. The number of ketones is 1. The Labute approximate surface area is 168 Å². The summed E-state index contributed by atoms with van der Waals surface area (Å²) in [6, 6.07) is 3.52. The first-order valence-corrected chi connectivity index (χ1v) is 9.85. The molecule has 2 rings (SSSR count). The van der Waals surface area contributed by atoms with Crippen molar-refractivity contribution in [3.05, 3.63) is 33.4 Å². The summed E-state index contributed by atoms with van der Waals surface area (Å²) in [5.74, 6) is 1.28. The maximum atomic E-state index is 12.4. The number of benzene rings is 1. The third-order valence-electron chi connectivity index (χ3n) is 4.29. The van der Waals surface area contributed by atoms with E-state index in [-0.39, 0.29) is 11.8 Å². The molecule has 0 amide bonds. The molecule has 7 heteroatoms. The highest BCUT2D eigenvalue weighted by molar-refractivity contribution is 9.10. The van der Waals surface area contributed by atoms with Crippen molar-refractivity contribution in [2.24, 2.45) is 0 Å². The summed E-state index contributed by atoms with van der Waals surface area (Å²) in [4.78, 5) is 14.4. The predicted molar refractivity (Wildman–Crippen MR) is 111 cm³/mol. The summed E-state index contributed by atoms with van der Waals surface area (Å²) in [5.41, 5.74) is 2.51. The van der Waals surface area contributed by atoms with Gasteiger partial charge in [-0.1, -0.05) is 6.92 Å². The Bertz CT molecular complexity index is 749. The Balaban J connectivity index is 2.59. The third kappa shape index (κ3) is 4.04. The van der Waals surface area contributed by atoms with Crippen LogP contribution in [0, 0.1) is 0 Å². The second-order valence-corrected chi connectivity index (χ2v) is 7.30. The minimum absolute atomic E-state index is 0.0218. The fraction of sp³-hybridized carbons (Fsp3) is 0.474. The van der Waals surface area contributed by atoms with E-state index in [1.165, 1.54) is 0 Å². The smallest absolute Gasteiger partial charge is 0.174 e. The molecule has 142 valence electrons. The number of thiocarbonyl (C=S) groups is 1. The molecule has 1 aromatic rings. The van der Waals surface area contributed by atoms with E-state index in [4.69, 9.17) is 21.7 Å². The Morgan fingerprint density at radius 3 is 2.62 bits per heavy atom. The van der Waals surface area contributed by atoms with Crippen molar-refractivity contribution in [2.45, 2.75) is 40.2 Å². The number of nitrogens with zero attached hydrogens (tertiary/aromatic N) is 1. The Kier molecular flexibility index (Phi) is 7.06. The Morgan fingerprint density at radius 2 is 2.08 bits per heavy atom. The van der Waals surface area contributed by atoms with Gasteiger partial charge < -0.3 is 19.7 Å². The number of rotatable bonds is 7. The van der Waals surface area contributed by atoms with Gasteiger partial charge in [0.05, 0.1) is 24.2 Å². The molecule has 0 aromatic heterocycles. The lowest BCUT2D eigenvalue weighted by Gasteiger charge is -2.37. The van der Waals surface area contributed by atoms with Crippen LogP contribution in [0.5, 0.6) is 11.5 Å². The molecule has 0 saturated carbocycles. The molecular formula is C19H25BrN2O3S. The molecular weight excluding hydrogens is 416 g/mol. The van der Waals surface area contributed by atoms with Crippen molar-refractivity contribution in [3.8, 4) is 11.5 Å². The zero-order chi connectivity index (χ0) is 19.4. The number of hydrogen-bond acceptors (Lipinski definition) is 4. The molecule has 1 aliphatic heterocycles. The highest BCUT2D eigenvalue weighted by Gasteiger charge is 2.32. The summed E-state index contributed by atoms with van der Waals surface area (Å²) < 4.78 is 11.9. The second-order valence-electron chi connectivity index (χ2n) is 6.06. The first kappa shape index (κ1) is 20.7. The molecule has 1 aromatic carbocycles. The quantitative estimate of drug-likeness (QED) is 0.635. The summed E-state index contributed by atoms with van der Waals surface area (Å²) in [7, 11) is 1.60. The molecule has 0 spiro atoms. The number of carbonyl (C=O) groups excluding carboxylic acids is 1. The average Bonchev–Trinajstić information content (AvgIpc) is 2.57. The van der Waals surface area contributed by atoms with Crippen molar-refractivity contribution in [1.29, 1.82) is 0 Å². The standard InChI is InChI=1S/C19H25BrN2O3S/c1-6-8-22-11(3)16(12(4)23)17(21-19(22)26)13-9-14(20)18(24-5)15(10-13)25-7-2/h9-10,17H,6-8H2,1-5H3,(H,21,26). The normalized spacial score (nSPS) is 17.2. The van der Waals surface area contributed by atoms with Crippen molar-refractivity contribution in [3.63, 3.8) is 0 Å². The van der Waals surface area contributed by atoms with Crippen LogP contribution in [0.25, 0.3) is 0 Å². The molecule has 1 atom stereocenters. The molecule has 0 bridgehead atoms. The van der Waals surface area contributed by atoms with E-state index in [9.17, 15) is 4.79 Å². The monoisotopic (exact) mass is 440 g/mol. The molecule has 26 heavy (non-hydrogen) atoms. The SMILES string of the molecule is CCCN1C(=S)NC(c2cc(Br)c(OC)c(OCC)c2)C(C(C)=O)=C1C. The Hall–Kier alpha value is -1.60. The molecule has 0 aliphatic carbocycles. The average molecular weight is 441 g/mol. The molecule has 0 fully saturated rings. The number of hydrogen-bond donors (Lipinski definition) is 1. The van der Waals surface area contributed by atoms with Gasteiger partial charge in [-0.25, -0.2) is 0 Å². The van der Waals surface area contributed by atoms with Crippen LogP contribution in [0.2, 0.25) is 0 Å². The fourth-order valence-electron chi connectivity index (χ4n) is 3.20. The minimum Gasteiger partial charge on any atom is -0.492 e. The Morgan fingerprint density at radius 1 is 1.38 bits per heavy atom. The van der Waals surface area contributed by atoms with Crippen molar-refractivity contribution < 1.29 is 14.3 Å². The lowest BCUT2D eigenvalue weighted by molar-refractivity contribution is -0.114. The van der Waals surface area contributed by atoms with Crippen LogP contribution >= 0.6 is 28.1 Å². The number of carbonyl (C=O) groups is 1. The van der Waals surface area contributed by atoms with Gasteiger partial charge in [0.25, 0.3) is 0 Å². The van der Waals surface area contributed by atoms with Crippen molar-refractivity contribution in [1.82, 2.24) is 10.2 Å². The lowest BCUT2D eigenvalue weighted by Crippen LogP contribution is -2.47. The van der Waals surface area contributed by atoms with Gasteiger partial charge in [0.15, 0.2) is 22.4 Å². The molecule has 0 radical (unpaired) electrons. The number of ether oxygens (including phenoxy) is 2. The fourth-order valence-corrected chi connectivity index (χ4v) is 4.16. The van der Waals surface area contributed by atoms with E-state index >= 15 is 0 Å². The van der Waals surface area contributed by atoms with Crippen LogP contribution in [0.4, 0.5) is 0 Å². The maximum absolute atomic E-state index is 12.4. The van der Waals surface area contributed by atoms with Crippen LogP contribution in [-0.2, 0) is 4.79 Å². The van der Waals surface area contributed by atoms with Gasteiger partial charge in [-0.3, -0.25) is 4.79 Å². The second kappa shape index (κ2) is 8.86. The highest BCUT2D eigenvalue weighted by atomic mass is 79.9. The van der Waals surface area contributed by atoms with E-state index in [0.717, 1.165) is 28.7 Å². The molecule has 1 N–H and O–H groups in total. The van der Waals surface area contributed by atoms with Crippen molar-refractivity contribution >= 4 is 39.0 Å². The molecule has 0 saturated heterocycles. The lowest BCUT2D eigenvalue weighted by atomic mass is 9.92. The number of Topliss-reactive ketones (excluding diaryl/α,β-unsaturated/α-hetero) is 1. The number of allylic oxidation sites excluding steroid dienone is 1. The van der Waals surface area contributed by atoms with Crippen LogP contribution in [0.3, 0.4) is 0 Å². The molecule has 5 nitrogen and oxygen atoms in total. The number of methoxy groups -OCH3 is 1. The van der Waals surface area contributed by atoms with Gasteiger partial charge in [-0.2, -0.15) is 0 Å². The van der Waals surface area contributed by atoms with Gasteiger partial charge in [-0.15, -0.1) is 0 Å². The zero-order valence-electron chi connectivity index (χ0n) is 15.8. The van der Waals surface area contributed by atoms with E-state index in [1.807, 2.05) is 30.9 Å². The first-order chi connectivity index (χ1) is 12.3. The largest absolute Gasteiger partial charge is 0.492 e. The third-order valence-corrected chi connectivity index (χ3v) is 5.22. The molecule has 1 heterocycles. The van der Waals surface area contributed by atoms with E-state index < -0.39 is 0 Å².